The summed E-state index contributed by atoms with van der Waals surface area (Å²) in [6.45, 7) is 0. The lowest BCUT2D eigenvalue weighted by Crippen LogP contribution is -2.34. The number of aromatic amines is 1. The van der Waals surface area contributed by atoms with Gasteiger partial charge in [0.05, 0.1) is 19.2 Å². The molecule has 1 aromatic heterocycles. The average Bonchev–Trinajstić information content (AvgIpc) is 3.07. The predicted molar refractivity (Wildman–Crippen MR) is 68.6 cm³/mol. The molecule has 1 unspecified atom stereocenters. The van der Waals surface area contributed by atoms with Crippen LogP contribution in [-0.4, -0.2) is 33.9 Å². The second-order valence-corrected chi connectivity index (χ2v) is 5.71. The van der Waals surface area contributed by atoms with Gasteiger partial charge < -0.3 is 10.7 Å². The Hall–Kier alpha value is -2.31. The van der Waals surface area contributed by atoms with Crippen molar-refractivity contribution in [2.24, 2.45) is 5.73 Å². The minimum atomic E-state index is -4.86. The molecule has 0 saturated carbocycles. The van der Waals surface area contributed by atoms with Crippen molar-refractivity contribution in [3.05, 3.63) is 18.2 Å². The fourth-order valence-electron chi connectivity index (χ4n) is 1.36. The third-order valence-electron chi connectivity index (χ3n) is 2.48. The molecule has 24 heavy (non-hydrogen) atoms. The van der Waals surface area contributed by atoms with Gasteiger partial charge in [-0.25, -0.2) is 23.9 Å². The molecule has 2 rings (SSSR count). The summed E-state index contributed by atoms with van der Waals surface area (Å²) in [6, 6.07) is -1.21. The van der Waals surface area contributed by atoms with Crippen molar-refractivity contribution in [2.75, 3.05) is 0 Å². The van der Waals surface area contributed by atoms with E-state index in [0.717, 1.165) is 0 Å². The standard InChI is InChI=1S/C10H12N3O10P/c11-7(3-6-4-12-5-13-6)10(16)20-23-24(17)21-18-8(14)1-2-9(15)19-22-24/h4-5,7H,1-3,11H2,(H,12,13). The summed E-state index contributed by atoms with van der Waals surface area (Å²) in [5, 5.41) is 0. The molecule has 3 N–H and O–H groups in total. The van der Waals surface area contributed by atoms with Crippen LogP contribution in [0.3, 0.4) is 0 Å². The van der Waals surface area contributed by atoms with Gasteiger partial charge in [0, 0.05) is 18.3 Å². The molecule has 1 aliphatic heterocycles. The summed E-state index contributed by atoms with van der Waals surface area (Å²) in [5.74, 6) is -3.23. The first-order valence-corrected chi connectivity index (χ1v) is 7.85. The number of imidazole rings is 1. The number of nitrogens with one attached hydrogen (secondary N) is 1. The van der Waals surface area contributed by atoms with Crippen molar-refractivity contribution in [3.8, 4) is 0 Å². The van der Waals surface area contributed by atoms with Crippen molar-refractivity contribution < 1.29 is 47.6 Å². The molecule has 1 saturated heterocycles. The van der Waals surface area contributed by atoms with E-state index >= 15 is 0 Å². The quantitative estimate of drug-likeness (QED) is 0.392. The van der Waals surface area contributed by atoms with Gasteiger partial charge in [-0.15, -0.1) is 0 Å². The molecule has 132 valence electrons. The number of hydrogen-bond acceptors (Lipinski definition) is 12. The number of H-pyrrole nitrogens is 1. The van der Waals surface area contributed by atoms with E-state index in [1.807, 2.05) is 0 Å². The predicted octanol–water partition coefficient (Wildman–Crippen LogP) is -0.394. The van der Waals surface area contributed by atoms with E-state index < -0.39 is 44.6 Å². The minimum Gasteiger partial charge on any atom is -0.348 e. The van der Waals surface area contributed by atoms with Crippen LogP contribution in [0.2, 0.25) is 0 Å². The van der Waals surface area contributed by atoms with E-state index in [-0.39, 0.29) is 6.42 Å². The van der Waals surface area contributed by atoms with E-state index in [4.69, 9.17) is 5.73 Å². The lowest BCUT2D eigenvalue weighted by molar-refractivity contribution is -0.293. The maximum Gasteiger partial charge on any atom is 0.584 e. The van der Waals surface area contributed by atoms with Crippen LogP contribution in [0.25, 0.3) is 0 Å². The highest BCUT2D eigenvalue weighted by Crippen LogP contribution is 2.50. The van der Waals surface area contributed by atoms with E-state index in [2.05, 4.69) is 38.7 Å². The number of aromatic nitrogens is 2. The van der Waals surface area contributed by atoms with Gasteiger partial charge >= 0.3 is 25.7 Å². The second kappa shape index (κ2) is 7.99. The van der Waals surface area contributed by atoms with Gasteiger partial charge in [0.15, 0.2) is 0 Å². The number of carbonyl (C=O) groups excluding carboxylic acids is 3. The molecule has 1 fully saturated rings. The van der Waals surface area contributed by atoms with Crippen LogP contribution < -0.4 is 5.73 Å². The summed E-state index contributed by atoms with van der Waals surface area (Å²) in [7, 11) is -4.86. The molecule has 1 aromatic rings. The zero-order chi connectivity index (χ0) is 17.6. The minimum absolute atomic E-state index is 0.0121. The molecule has 0 radical (unpaired) electrons. The Kier molecular flexibility index (Phi) is 6.00. The van der Waals surface area contributed by atoms with E-state index in [1.54, 1.807) is 0 Å². The number of nitrogens with zero attached hydrogens (tertiary/aromatic N) is 1. The molecule has 2 heterocycles. The van der Waals surface area contributed by atoms with Gasteiger partial charge in [-0.05, 0) is 0 Å². The van der Waals surface area contributed by atoms with Gasteiger partial charge in [0.25, 0.3) is 0 Å². The highest BCUT2D eigenvalue weighted by atomic mass is 31.2. The molecule has 0 aliphatic carbocycles. The van der Waals surface area contributed by atoms with E-state index in [9.17, 15) is 18.9 Å². The molecule has 0 spiro atoms. The van der Waals surface area contributed by atoms with Gasteiger partial charge in [-0.1, -0.05) is 14.0 Å². The van der Waals surface area contributed by atoms with Crippen molar-refractivity contribution in [1.29, 1.82) is 0 Å². The zero-order valence-electron chi connectivity index (χ0n) is 11.9. The number of hydrogen-bond donors (Lipinski definition) is 2. The van der Waals surface area contributed by atoms with Crippen LogP contribution in [0, 0.1) is 0 Å². The van der Waals surface area contributed by atoms with Gasteiger partial charge in [-0.2, -0.15) is 0 Å². The smallest absolute Gasteiger partial charge is 0.348 e. The van der Waals surface area contributed by atoms with Gasteiger partial charge in [0.1, 0.15) is 6.04 Å². The average molecular weight is 365 g/mol. The van der Waals surface area contributed by atoms with Crippen LogP contribution in [-0.2, 0) is 54.1 Å². The number of rotatable bonds is 5. The fraction of sp³-hybridized carbons (Fsp3) is 0.400. The van der Waals surface area contributed by atoms with Crippen LogP contribution in [0.1, 0.15) is 18.5 Å². The SMILES string of the molecule is NC(Cc1cnc[nH]1)C(=O)OOP1(=O)OOC(=O)CCC(=O)OO1. The van der Waals surface area contributed by atoms with Crippen LogP contribution in [0.5, 0.6) is 0 Å². The topological polar surface area (TPSA) is 178 Å². The largest absolute Gasteiger partial charge is 0.584 e. The molecular weight excluding hydrogens is 353 g/mol. The molecule has 13 nitrogen and oxygen atoms in total. The number of nitrogens with two attached hydrogens (primary N) is 1. The number of phosphoric acid groups is 1. The normalized spacial score (nSPS) is 19.2. The number of carbonyl (C=O) groups is 3. The van der Waals surface area contributed by atoms with Crippen molar-refractivity contribution >= 4 is 25.7 Å². The molecular formula is C10H12N3O10P. The van der Waals surface area contributed by atoms with Crippen LogP contribution in [0.15, 0.2) is 12.5 Å². The van der Waals surface area contributed by atoms with Crippen LogP contribution in [0.4, 0.5) is 0 Å². The van der Waals surface area contributed by atoms with Crippen molar-refractivity contribution in [2.45, 2.75) is 25.3 Å². The highest BCUT2D eigenvalue weighted by Gasteiger charge is 2.39. The Balaban J connectivity index is 1.89. The zero-order valence-corrected chi connectivity index (χ0v) is 12.8. The van der Waals surface area contributed by atoms with Gasteiger partial charge in [0.2, 0.25) is 0 Å². The monoisotopic (exact) mass is 365 g/mol. The third kappa shape index (κ3) is 5.40. The molecule has 0 aromatic carbocycles. The van der Waals surface area contributed by atoms with E-state index in [1.165, 1.54) is 12.5 Å². The first-order chi connectivity index (χ1) is 11.4. The Morgan fingerprint density at radius 3 is 2.50 bits per heavy atom. The van der Waals surface area contributed by atoms with Crippen molar-refractivity contribution in [3.63, 3.8) is 0 Å². The molecule has 0 amide bonds. The molecule has 0 bridgehead atoms. The lowest BCUT2D eigenvalue weighted by Gasteiger charge is -2.13. The van der Waals surface area contributed by atoms with E-state index in [0.29, 0.717) is 5.69 Å². The van der Waals surface area contributed by atoms with Crippen molar-refractivity contribution in [1.82, 2.24) is 9.97 Å². The maximum absolute atomic E-state index is 11.9. The molecule has 1 atom stereocenters. The Labute approximate surface area is 133 Å². The first-order valence-electron chi connectivity index (χ1n) is 6.39. The Bertz CT molecular complexity index is 623. The lowest BCUT2D eigenvalue weighted by atomic mass is 10.2. The first kappa shape index (κ1) is 18.0. The summed E-state index contributed by atoms with van der Waals surface area (Å²) >= 11 is 0. The fourth-order valence-corrected chi connectivity index (χ4v) is 1.95. The molecule has 14 heteroatoms. The molecule has 1 aliphatic rings. The Morgan fingerprint density at radius 1 is 1.33 bits per heavy atom. The highest BCUT2D eigenvalue weighted by molar-refractivity contribution is 7.48. The summed E-state index contributed by atoms with van der Waals surface area (Å²) in [6.07, 6.45) is 2.01. The third-order valence-corrected chi connectivity index (χ3v) is 3.26. The summed E-state index contributed by atoms with van der Waals surface area (Å²) < 4.78 is 24.3. The maximum atomic E-state index is 11.9. The van der Waals surface area contributed by atoms with Gasteiger partial charge in [-0.3, -0.25) is 14.7 Å². The summed E-state index contributed by atoms with van der Waals surface area (Å²) in [4.78, 5) is 52.7. The summed E-state index contributed by atoms with van der Waals surface area (Å²) in [5.41, 5.74) is 6.08. The second-order valence-electron chi connectivity index (χ2n) is 4.37. The van der Waals surface area contributed by atoms with Crippen LogP contribution >= 0.6 is 7.82 Å². The Morgan fingerprint density at radius 2 is 1.96 bits per heavy atom.